The first-order chi connectivity index (χ1) is 5.83. The molecular formula is C9H13NO2. The second-order valence-electron chi connectivity index (χ2n) is 2.52. The fourth-order valence-electron chi connectivity index (χ4n) is 0.868. The van der Waals surface area contributed by atoms with Crippen LogP contribution in [0.15, 0.2) is 24.3 Å². The van der Waals surface area contributed by atoms with Crippen LogP contribution in [-0.4, -0.2) is 18.3 Å². The number of ether oxygens (including phenoxy) is 1. The zero-order valence-electron chi connectivity index (χ0n) is 6.86. The number of hydrogen-bond acceptors (Lipinski definition) is 3. The zero-order valence-corrected chi connectivity index (χ0v) is 6.86. The fourth-order valence-corrected chi connectivity index (χ4v) is 0.868. The van der Waals surface area contributed by atoms with Crippen LogP contribution in [0.2, 0.25) is 0 Å². The van der Waals surface area contributed by atoms with Gasteiger partial charge in [-0.1, -0.05) is 12.1 Å². The molecule has 3 N–H and O–H groups in total. The van der Waals surface area contributed by atoms with Crippen molar-refractivity contribution in [2.24, 2.45) is 0 Å². The van der Waals surface area contributed by atoms with Gasteiger partial charge in [-0.05, 0) is 17.7 Å². The molecule has 1 aromatic rings. The highest BCUT2D eigenvalue weighted by atomic mass is 16.5. The van der Waals surface area contributed by atoms with E-state index in [9.17, 15) is 0 Å². The lowest BCUT2D eigenvalue weighted by atomic mass is 10.2. The highest BCUT2D eigenvalue weighted by Crippen LogP contribution is 2.06. The number of benzene rings is 1. The summed E-state index contributed by atoms with van der Waals surface area (Å²) >= 11 is 0. The van der Waals surface area contributed by atoms with Crippen molar-refractivity contribution in [2.75, 3.05) is 18.9 Å². The van der Waals surface area contributed by atoms with Gasteiger partial charge in [0.2, 0.25) is 0 Å². The Hall–Kier alpha value is -1.06. The first-order valence-corrected chi connectivity index (χ1v) is 3.86. The van der Waals surface area contributed by atoms with Crippen LogP contribution in [0.5, 0.6) is 0 Å². The lowest BCUT2D eigenvalue weighted by Gasteiger charge is -2.02. The van der Waals surface area contributed by atoms with E-state index < -0.39 is 0 Å². The first-order valence-electron chi connectivity index (χ1n) is 3.86. The number of nitrogens with two attached hydrogens (primary N) is 1. The standard InChI is InChI=1S/C9H13NO2/c10-9-3-1-8(2-4-9)7-12-6-5-11/h1-4,11H,5-7,10H2. The second-order valence-corrected chi connectivity index (χ2v) is 2.52. The predicted octanol–water partition coefficient (Wildman–Crippen LogP) is 0.778. The predicted molar refractivity (Wildman–Crippen MR) is 47.6 cm³/mol. The van der Waals surface area contributed by atoms with Crippen LogP contribution in [0.3, 0.4) is 0 Å². The van der Waals surface area contributed by atoms with Crippen LogP contribution in [0.25, 0.3) is 0 Å². The maximum Gasteiger partial charge on any atom is 0.0718 e. The van der Waals surface area contributed by atoms with Crippen molar-refractivity contribution in [2.45, 2.75) is 6.61 Å². The lowest BCUT2D eigenvalue weighted by molar-refractivity contribution is 0.0815. The molecule has 0 aromatic heterocycles. The Morgan fingerprint density at radius 3 is 2.50 bits per heavy atom. The highest BCUT2D eigenvalue weighted by molar-refractivity contribution is 5.38. The van der Waals surface area contributed by atoms with Gasteiger partial charge in [-0.2, -0.15) is 0 Å². The molecule has 1 aromatic carbocycles. The van der Waals surface area contributed by atoms with Gasteiger partial charge in [0, 0.05) is 5.69 Å². The van der Waals surface area contributed by atoms with E-state index in [0.29, 0.717) is 13.2 Å². The summed E-state index contributed by atoms with van der Waals surface area (Å²) in [7, 11) is 0. The molecule has 0 aliphatic rings. The van der Waals surface area contributed by atoms with Gasteiger partial charge in [0.05, 0.1) is 19.8 Å². The van der Waals surface area contributed by atoms with Gasteiger partial charge in [0.1, 0.15) is 0 Å². The molecule has 12 heavy (non-hydrogen) atoms. The molecule has 0 heterocycles. The summed E-state index contributed by atoms with van der Waals surface area (Å²) in [6.07, 6.45) is 0. The fraction of sp³-hybridized carbons (Fsp3) is 0.333. The highest BCUT2D eigenvalue weighted by Gasteiger charge is 1.91. The molecule has 0 saturated carbocycles. The maximum absolute atomic E-state index is 8.44. The van der Waals surface area contributed by atoms with Crippen molar-refractivity contribution in [3.05, 3.63) is 29.8 Å². The van der Waals surface area contributed by atoms with Crippen LogP contribution in [0.1, 0.15) is 5.56 Å². The van der Waals surface area contributed by atoms with Gasteiger partial charge < -0.3 is 15.6 Å². The molecule has 0 aliphatic carbocycles. The number of aliphatic hydroxyl groups excluding tert-OH is 1. The average molecular weight is 167 g/mol. The average Bonchev–Trinajstić information content (AvgIpc) is 2.09. The van der Waals surface area contributed by atoms with Gasteiger partial charge in [-0.25, -0.2) is 0 Å². The monoisotopic (exact) mass is 167 g/mol. The van der Waals surface area contributed by atoms with Crippen molar-refractivity contribution in [1.82, 2.24) is 0 Å². The van der Waals surface area contributed by atoms with Crippen molar-refractivity contribution in [3.63, 3.8) is 0 Å². The third-order valence-electron chi connectivity index (χ3n) is 1.48. The molecule has 0 spiro atoms. The van der Waals surface area contributed by atoms with E-state index in [1.165, 1.54) is 0 Å². The number of nitrogen functional groups attached to an aromatic ring is 1. The van der Waals surface area contributed by atoms with Gasteiger partial charge in [-0.15, -0.1) is 0 Å². The smallest absolute Gasteiger partial charge is 0.0718 e. The van der Waals surface area contributed by atoms with Crippen molar-refractivity contribution in [3.8, 4) is 0 Å². The molecule has 0 amide bonds. The molecule has 0 unspecified atom stereocenters. The quantitative estimate of drug-likeness (QED) is 0.514. The Balaban J connectivity index is 2.37. The van der Waals surface area contributed by atoms with Crippen molar-refractivity contribution < 1.29 is 9.84 Å². The largest absolute Gasteiger partial charge is 0.399 e. The molecule has 0 aliphatic heterocycles. The Kier molecular flexibility index (Phi) is 3.57. The number of anilines is 1. The number of hydrogen-bond donors (Lipinski definition) is 2. The summed E-state index contributed by atoms with van der Waals surface area (Å²) in [6, 6.07) is 7.48. The third-order valence-corrected chi connectivity index (χ3v) is 1.48. The zero-order chi connectivity index (χ0) is 8.81. The third kappa shape index (κ3) is 2.90. The topological polar surface area (TPSA) is 55.5 Å². The minimum Gasteiger partial charge on any atom is -0.399 e. The van der Waals surface area contributed by atoms with E-state index in [0.717, 1.165) is 11.3 Å². The normalized spacial score (nSPS) is 10.1. The van der Waals surface area contributed by atoms with E-state index >= 15 is 0 Å². The van der Waals surface area contributed by atoms with Gasteiger partial charge in [-0.3, -0.25) is 0 Å². The maximum atomic E-state index is 8.44. The molecule has 0 saturated heterocycles. The van der Waals surface area contributed by atoms with Crippen LogP contribution in [0.4, 0.5) is 5.69 Å². The van der Waals surface area contributed by atoms with Gasteiger partial charge in [0.25, 0.3) is 0 Å². The molecular weight excluding hydrogens is 154 g/mol. The molecule has 0 atom stereocenters. The van der Waals surface area contributed by atoms with E-state index in [-0.39, 0.29) is 6.61 Å². The molecule has 0 bridgehead atoms. The van der Waals surface area contributed by atoms with E-state index in [2.05, 4.69) is 0 Å². The summed E-state index contributed by atoms with van der Waals surface area (Å²) in [5.74, 6) is 0. The molecule has 0 fully saturated rings. The van der Waals surface area contributed by atoms with E-state index in [4.69, 9.17) is 15.6 Å². The summed E-state index contributed by atoms with van der Waals surface area (Å²) in [5.41, 5.74) is 7.32. The molecule has 3 heteroatoms. The van der Waals surface area contributed by atoms with Gasteiger partial charge >= 0.3 is 0 Å². The Morgan fingerprint density at radius 1 is 1.25 bits per heavy atom. The number of aliphatic hydroxyl groups is 1. The molecule has 1 rings (SSSR count). The van der Waals surface area contributed by atoms with Crippen LogP contribution >= 0.6 is 0 Å². The van der Waals surface area contributed by atoms with E-state index in [1.54, 1.807) is 0 Å². The van der Waals surface area contributed by atoms with Crippen LogP contribution in [0, 0.1) is 0 Å². The van der Waals surface area contributed by atoms with Gasteiger partial charge in [0.15, 0.2) is 0 Å². The Labute approximate surface area is 71.8 Å². The Morgan fingerprint density at radius 2 is 1.92 bits per heavy atom. The second kappa shape index (κ2) is 4.74. The summed E-state index contributed by atoms with van der Waals surface area (Å²) in [4.78, 5) is 0. The number of rotatable bonds is 4. The molecule has 3 nitrogen and oxygen atoms in total. The summed E-state index contributed by atoms with van der Waals surface area (Å²) in [6.45, 7) is 0.972. The summed E-state index contributed by atoms with van der Waals surface area (Å²) < 4.78 is 5.12. The SMILES string of the molecule is Nc1ccc(COCCO)cc1. The lowest BCUT2D eigenvalue weighted by Crippen LogP contribution is -1.99. The van der Waals surface area contributed by atoms with E-state index in [1.807, 2.05) is 24.3 Å². The molecule has 66 valence electrons. The first kappa shape index (κ1) is 9.03. The van der Waals surface area contributed by atoms with Crippen LogP contribution < -0.4 is 5.73 Å². The summed E-state index contributed by atoms with van der Waals surface area (Å²) in [5, 5.41) is 8.44. The van der Waals surface area contributed by atoms with Crippen molar-refractivity contribution >= 4 is 5.69 Å². The minimum atomic E-state index is 0.0645. The van der Waals surface area contributed by atoms with Crippen molar-refractivity contribution in [1.29, 1.82) is 0 Å². The Bertz CT molecular complexity index is 220. The molecule has 0 radical (unpaired) electrons. The van der Waals surface area contributed by atoms with Crippen LogP contribution in [-0.2, 0) is 11.3 Å². The minimum absolute atomic E-state index is 0.0645.